The lowest BCUT2D eigenvalue weighted by atomic mass is 9.97. The molecule has 6 heteroatoms. The quantitative estimate of drug-likeness (QED) is 0.771. The normalized spacial score (nSPS) is 10.9. The number of benzene rings is 1. The van der Waals surface area contributed by atoms with E-state index in [9.17, 15) is 14.7 Å². The van der Waals surface area contributed by atoms with Gasteiger partial charge in [0.15, 0.2) is 0 Å². The Morgan fingerprint density at radius 3 is 2.38 bits per heavy atom. The van der Waals surface area contributed by atoms with Crippen LogP contribution in [0, 0.1) is 6.92 Å². The predicted molar refractivity (Wildman–Crippen MR) is 90.2 cm³/mol. The summed E-state index contributed by atoms with van der Waals surface area (Å²) in [5.74, 6) is -1.55. The average molecular weight is 323 g/mol. The highest BCUT2D eigenvalue weighted by molar-refractivity contribution is 6.02. The molecule has 0 unspecified atom stereocenters. The highest BCUT2D eigenvalue weighted by atomic mass is 16.4. The minimum atomic E-state index is -1.03. The van der Waals surface area contributed by atoms with Gasteiger partial charge in [-0.1, -0.05) is 19.1 Å². The fraction of sp³-hybridized carbons (Fsp3) is 0.167. The number of aromatic nitrogens is 2. The van der Waals surface area contributed by atoms with Crippen molar-refractivity contribution in [3.63, 3.8) is 0 Å². The smallest absolute Gasteiger partial charge is 0.338 e. The van der Waals surface area contributed by atoms with E-state index in [1.165, 1.54) is 0 Å². The van der Waals surface area contributed by atoms with E-state index in [-0.39, 0.29) is 5.56 Å². The molecule has 24 heavy (non-hydrogen) atoms. The van der Waals surface area contributed by atoms with Crippen LogP contribution in [0.25, 0.3) is 16.6 Å². The Morgan fingerprint density at radius 2 is 1.83 bits per heavy atom. The summed E-state index contributed by atoms with van der Waals surface area (Å²) in [4.78, 5) is 23.0. The zero-order valence-electron chi connectivity index (χ0n) is 13.4. The van der Waals surface area contributed by atoms with Gasteiger partial charge in [0.05, 0.1) is 16.8 Å². The lowest BCUT2D eigenvalue weighted by molar-refractivity contribution is 0.0696. The minimum absolute atomic E-state index is 0.162. The summed E-state index contributed by atoms with van der Waals surface area (Å²) >= 11 is 0. The summed E-state index contributed by atoms with van der Waals surface area (Å²) < 4.78 is 1.78. The maximum absolute atomic E-state index is 11.8. The molecule has 0 saturated carbocycles. The Balaban J connectivity index is 2.35. The van der Waals surface area contributed by atoms with Crippen LogP contribution < -0.4 is 5.73 Å². The SMILES string of the molecule is CCc1ccc2c(-c3ccc(C(N)=O)cc3)c(C(=O)O)c(C)nn12. The van der Waals surface area contributed by atoms with Crippen molar-refractivity contribution in [1.29, 1.82) is 0 Å². The molecule has 1 aromatic carbocycles. The van der Waals surface area contributed by atoms with Crippen LogP contribution in [0.4, 0.5) is 0 Å². The molecular formula is C18H17N3O3. The van der Waals surface area contributed by atoms with Crippen molar-refractivity contribution in [2.75, 3.05) is 0 Å². The largest absolute Gasteiger partial charge is 0.478 e. The number of rotatable bonds is 4. The minimum Gasteiger partial charge on any atom is -0.478 e. The zero-order chi connectivity index (χ0) is 17.4. The van der Waals surface area contributed by atoms with Crippen molar-refractivity contribution in [2.24, 2.45) is 5.73 Å². The van der Waals surface area contributed by atoms with E-state index >= 15 is 0 Å². The third-order valence-electron chi connectivity index (χ3n) is 4.09. The standard InChI is InChI=1S/C18H17N3O3/c1-3-13-8-9-14-16(11-4-6-12(7-5-11)17(19)22)15(18(23)24)10(2)20-21(13)14/h4-9H,3H2,1-2H3,(H2,19,22)(H,23,24). The maximum Gasteiger partial charge on any atom is 0.338 e. The Bertz CT molecular complexity index is 956. The molecule has 0 spiro atoms. The number of hydrogen-bond acceptors (Lipinski definition) is 3. The van der Waals surface area contributed by atoms with Gasteiger partial charge in [-0.3, -0.25) is 4.79 Å². The van der Waals surface area contributed by atoms with E-state index in [0.717, 1.165) is 17.6 Å². The van der Waals surface area contributed by atoms with Crippen LogP contribution >= 0.6 is 0 Å². The number of hydrogen-bond donors (Lipinski definition) is 2. The molecule has 6 nitrogen and oxygen atoms in total. The van der Waals surface area contributed by atoms with Crippen molar-refractivity contribution < 1.29 is 14.7 Å². The van der Waals surface area contributed by atoms with Crippen LogP contribution in [-0.4, -0.2) is 26.6 Å². The maximum atomic E-state index is 11.8. The molecule has 3 rings (SSSR count). The highest BCUT2D eigenvalue weighted by Crippen LogP contribution is 2.31. The third kappa shape index (κ3) is 2.42. The van der Waals surface area contributed by atoms with Crippen LogP contribution in [0.3, 0.4) is 0 Å². The Morgan fingerprint density at radius 1 is 1.17 bits per heavy atom. The number of amides is 1. The highest BCUT2D eigenvalue weighted by Gasteiger charge is 2.21. The molecule has 2 aromatic heterocycles. The first-order valence-electron chi connectivity index (χ1n) is 7.58. The van der Waals surface area contributed by atoms with Crippen LogP contribution in [0.15, 0.2) is 36.4 Å². The first-order chi connectivity index (χ1) is 11.4. The van der Waals surface area contributed by atoms with Crippen molar-refractivity contribution in [3.8, 4) is 11.1 Å². The molecule has 0 radical (unpaired) electrons. The van der Waals surface area contributed by atoms with E-state index < -0.39 is 11.9 Å². The third-order valence-corrected chi connectivity index (χ3v) is 4.09. The van der Waals surface area contributed by atoms with Gasteiger partial charge in [-0.05, 0) is 43.2 Å². The van der Waals surface area contributed by atoms with Gasteiger partial charge < -0.3 is 10.8 Å². The number of fused-ring (bicyclic) bond motifs is 1. The summed E-state index contributed by atoms with van der Waals surface area (Å²) in [5.41, 5.74) is 9.26. The molecule has 122 valence electrons. The first kappa shape index (κ1) is 15.7. The van der Waals surface area contributed by atoms with E-state index in [0.29, 0.717) is 22.4 Å². The second-order valence-electron chi connectivity index (χ2n) is 5.56. The first-order valence-corrected chi connectivity index (χ1v) is 7.58. The molecular weight excluding hydrogens is 306 g/mol. The number of carboxylic acid groups (broad SMARTS) is 1. The molecule has 0 aliphatic carbocycles. The van der Waals surface area contributed by atoms with Crippen molar-refractivity contribution in [1.82, 2.24) is 9.61 Å². The van der Waals surface area contributed by atoms with E-state index in [1.807, 2.05) is 19.1 Å². The molecule has 1 amide bonds. The predicted octanol–water partition coefficient (Wildman–Crippen LogP) is 2.67. The van der Waals surface area contributed by atoms with Crippen molar-refractivity contribution in [2.45, 2.75) is 20.3 Å². The van der Waals surface area contributed by atoms with E-state index in [4.69, 9.17) is 5.73 Å². The number of primary amides is 1. The van der Waals surface area contributed by atoms with Gasteiger partial charge in [0.25, 0.3) is 0 Å². The number of aryl methyl sites for hydroxylation is 2. The molecule has 2 heterocycles. The molecule has 0 aliphatic heterocycles. The van der Waals surface area contributed by atoms with Crippen molar-refractivity contribution in [3.05, 3.63) is 58.9 Å². The molecule has 3 aromatic rings. The van der Waals surface area contributed by atoms with Gasteiger partial charge in [-0.2, -0.15) is 5.10 Å². The molecule has 0 aliphatic rings. The monoisotopic (exact) mass is 323 g/mol. The molecule has 0 fully saturated rings. The van der Waals surface area contributed by atoms with Crippen molar-refractivity contribution >= 4 is 17.4 Å². The number of carbonyl (C=O) groups excluding carboxylic acids is 1. The van der Waals surface area contributed by atoms with Gasteiger partial charge in [0, 0.05) is 16.8 Å². The van der Waals surface area contributed by atoms with Crippen LogP contribution in [0.2, 0.25) is 0 Å². The van der Waals surface area contributed by atoms with Gasteiger partial charge in [-0.25, -0.2) is 9.31 Å². The molecule has 0 bridgehead atoms. The summed E-state index contributed by atoms with van der Waals surface area (Å²) in [6.45, 7) is 3.70. The van der Waals surface area contributed by atoms with Gasteiger partial charge in [0.2, 0.25) is 5.91 Å². The van der Waals surface area contributed by atoms with E-state index in [1.54, 1.807) is 35.7 Å². The summed E-state index contributed by atoms with van der Waals surface area (Å²) in [6.07, 6.45) is 0.785. The Kier molecular flexibility index (Phi) is 3.81. The Hall–Kier alpha value is -3.15. The fourth-order valence-electron chi connectivity index (χ4n) is 2.91. The van der Waals surface area contributed by atoms with Gasteiger partial charge in [-0.15, -0.1) is 0 Å². The summed E-state index contributed by atoms with van der Waals surface area (Å²) in [6, 6.07) is 10.4. The number of nitrogens with zero attached hydrogens (tertiary/aromatic N) is 2. The number of aromatic carboxylic acids is 1. The molecule has 3 N–H and O–H groups in total. The van der Waals surface area contributed by atoms with Crippen LogP contribution in [-0.2, 0) is 6.42 Å². The van der Waals surface area contributed by atoms with Gasteiger partial charge in [0.1, 0.15) is 0 Å². The number of carboxylic acids is 1. The Labute approximate surface area is 138 Å². The summed E-state index contributed by atoms with van der Waals surface area (Å²) in [5, 5.41) is 14.1. The lowest BCUT2D eigenvalue weighted by Crippen LogP contribution is -2.11. The summed E-state index contributed by atoms with van der Waals surface area (Å²) in [7, 11) is 0. The number of nitrogens with two attached hydrogens (primary N) is 1. The zero-order valence-corrected chi connectivity index (χ0v) is 13.4. The second-order valence-corrected chi connectivity index (χ2v) is 5.56. The van der Waals surface area contributed by atoms with Crippen LogP contribution in [0.1, 0.15) is 39.0 Å². The van der Waals surface area contributed by atoms with Gasteiger partial charge >= 0.3 is 5.97 Å². The lowest BCUT2D eigenvalue weighted by Gasteiger charge is -2.13. The number of carbonyl (C=O) groups is 2. The average Bonchev–Trinajstić information content (AvgIpc) is 2.95. The van der Waals surface area contributed by atoms with E-state index in [2.05, 4.69) is 5.10 Å². The fourth-order valence-corrected chi connectivity index (χ4v) is 2.91. The topological polar surface area (TPSA) is 97.7 Å². The molecule has 0 atom stereocenters. The van der Waals surface area contributed by atoms with Crippen LogP contribution in [0.5, 0.6) is 0 Å². The molecule has 0 saturated heterocycles. The second kappa shape index (κ2) is 5.81.